The Morgan fingerprint density at radius 1 is 1.25 bits per heavy atom. The molecule has 0 aliphatic carbocycles. The Kier molecular flexibility index (Phi) is 3.51. The third-order valence-electron chi connectivity index (χ3n) is 2.41. The van der Waals surface area contributed by atoms with Gasteiger partial charge in [0.1, 0.15) is 0 Å². The van der Waals surface area contributed by atoms with Gasteiger partial charge in [-0.15, -0.1) is 10.2 Å². The van der Waals surface area contributed by atoms with E-state index in [2.05, 4.69) is 14.4 Å². The first-order valence-electron chi connectivity index (χ1n) is 5.05. The minimum absolute atomic E-state index is 0.111. The highest BCUT2D eigenvalue weighted by molar-refractivity contribution is 7.87. The second-order valence-electron chi connectivity index (χ2n) is 3.77. The number of hydrogen-bond acceptors (Lipinski definition) is 5. The molecule has 108 valence electrons. The maximum absolute atomic E-state index is 12.2. The van der Waals surface area contributed by atoms with E-state index in [1.165, 1.54) is 25.1 Å². The normalized spacial score (nSPS) is 12.7. The molecule has 0 amide bonds. The van der Waals surface area contributed by atoms with Gasteiger partial charge in [0.2, 0.25) is 0 Å². The summed E-state index contributed by atoms with van der Waals surface area (Å²) in [5, 5.41) is 7.66. The van der Waals surface area contributed by atoms with Crippen LogP contribution in [0, 0.1) is 6.92 Å². The van der Waals surface area contributed by atoms with E-state index in [0.29, 0.717) is 15.9 Å². The summed E-state index contributed by atoms with van der Waals surface area (Å²) in [6, 6.07) is 4.41. The Bertz CT molecular complexity index is 777. The molecular weight excluding hydrogens is 321 g/mol. The number of halogens is 4. The van der Waals surface area contributed by atoms with Gasteiger partial charge in [0.15, 0.2) is 0 Å². The Morgan fingerprint density at radius 2 is 1.90 bits per heavy atom. The lowest BCUT2D eigenvalue weighted by atomic mass is 10.1. The number of nitrogens with zero attached hydrogens (tertiary/aromatic N) is 2. The van der Waals surface area contributed by atoms with Crippen LogP contribution in [0.2, 0.25) is 5.02 Å². The summed E-state index contributed by atoms with van der Waals surface area (Å²) in [6.45, 7) is 1.37. The largest absolute Gasteiger partial charge is 0.534 e. The van der Waals surface area contributed by atoms with E-state index in [-0.39, 0.29) is 5.56 Å². The predicted octanol–water partition coefficient (Wildman–Crippen LogP) is 2.82. The van der Waals surface area contributed by atoms with Crippen LogP contribution in [0.25, 0.3) is 10.9 Å². The average molecular weight is 327 g/mol. The van der Waals surface area contributed by atoms with Gasteiger partial charge in [-0.1, -0.05) is 17.7 Å². The van der Waals surface area contributed by atoms with Crippen LogP contribution >= 0.6 is 11.6 Å². The van der Waals surface area contributed by atoms with E-state index in [9.17, 15) is 21.6 Å². The maximum atomic E-state index is 12.2. The van der Waals surface area contributed by atoms with Gasteiger partial charge >= 0.3 is 15.6 Å². The second-order valence-corrected chi connectivity index (χ2v) is 5.75. The number of hydrogen-bond donors (Lipinski definition) is 0. The van der Waals surface area contributed by atoms with Gasteiger partial charge in [0, 0.05) is 16.0 Å². The number of alkyl halides is 3. The third-order valence-corrected chi connectivity index (χ3v) is 3.58. The summed E-state index contributed by atoms with van der Waals surface area (Å²) >= 11 is 5.73. The topological polar surface area (TPSA) is 69.2 Å². The molecule has 0 radical (unpaired) electrons. The van der Waals surface area contributed by atoms with Gasteiger partial charge in [0.05, 0.1) is 5.52 Å². The zero-order valence-corrected chi connectivity index (χ0v) is 11.3. The van der Waals surface area contributed by atoms with Crippen LogP contribution in [0.1, 0.15) is 5.56 Å². The highest BCUT2D eigenvalue weighted by Gasteiger charge is 2.49. The summed E-state index contributed by atoms with van der Waals surface area (Å²) in [5.74, 6) is -0.725. The summed E-state index contributed by atoms with van der Waals surface area (Å²) in [5.41, 5.74) is -5.11. The fraction of sp³-hybridized carbons (Fsp3) is 0.200. The number of fused-ring (bicyclic) bond motifs is 1. The van der Waals surface area contributed by atoms with Gasteiger partial charge in [-0.25, -0.2) is 0 Å². The Balaban J connectivity index is 2.53. The molecule has 0 N–H and O–H groups in total. The predicted molar refractivity (Wildman–Crippen MR) is 64.9 cm³/mol. The van der Waals surface area contributed by atoms with Crippen LogP contribution in [-0.4, -0.2) is 24.1 Å². The van der Waals surface area contributed by atoms with Crippen molar-refractivity contribution in [2.45, 2.75) is 12.4 Å². The lowest BCUT2D eigenvalue weighted by Crippen LogP contribution is -2.28. The molecule has 10 heteroatoms. The molecule has 0 fully saturated rings. The molecule has 0 unspecified atom stereocenters. The number of aryl methyl sites for hydroxylation is 1. The van der Waals surface area contributed by atoms with Crippen molar-refractivity contribution < 1.29 is 25.8 Å². The molecule has 0 aliphatic rings. The maximum Gasteiger partial charge on any atom is 0.534 e. The number of benzene rings is 1. The van der Waals surface area contributed by atoms with Crippen molar-refractivity contribution in [3.8, 4) is 5.88 Å². The quantitative estimate of drug-likeness (QED) is 0.627. The van der Waals surface area contributed by atoms with Gasteiger partial charge in [-0.2, -0.15) is 21.6 Å². The van der Waals surface area contributed by atoms with Gasteiger partial charge in [-0.05, 0) is 19.1 Å². The zero-order valence-electron chi connectivity index (χ0n) is 9.77. The first-order chi connectivity index (χ1) is 9.12. The van der Waals surface area contributed by atoms with Crippen LogP contribution in [0.15, 0.2) is 18.2 Å². The average Bonchev–Trinajstić information content (AvgIpc) is 2.31. The van der Waals surface area contributed by atoms with Crippen LogP contribution in [0.5, 0.6) is 5.88 Å². The van der Waals surface area contributed by atoms with Crippen molar-refractivity contribution in [3.05, 3.63) is 28.8 Å². The van der Waals surface area contributed by atoms with Gasteiger partial charge < -0.3 is 4.18 Å². The van der Waals surface area contributed by atoms with E-state index >= 15 is 0 Å². The minimum atomic E-state index is -5.78. The molecule has 0 saturated heterocycles. The van der Waals surface area contributed by atoms with E-state index in [1.54, 1.807) is 0 Å². The van der Waals surface area contributed by atoms with E-state index in [4.69, 9.17) is 11.6 Å². The molecule has 0 atom stereocenters. The molecule has 2 aromatic rings. The van der Waals surface area contributed by atoms with Crippen molar-refractivity contribution in [1.29, 1.82) is 0 Å². The smallest absolute Gasteiger partial charge is 0.353 e. The molecule has 0 spiro atoms. The molecule has 1 aromatic heterocycles. The molecular formula is C10H6ClF3N2O3S. The minimum Gasteiger partial charge on any atom is -0.353 e. The van der Waals surface area contributed by atoms with Crippen LogP contribution < -0.4 is 4.18 Å². The zero-order chi connectivity index (χ0) is 15.1. The van der Waals surface area contributed by atoms with Gasteiger partial charge in [-0.3, -0.25) is 0 Å². The van der Waals surface area contributed by atoms with E-state index in [1.807, 2.05) is 0 Å². The first-order valence-corrected chi connectivity index (χ1v) is 6.84. The number of aromatic nitrogens is 2. The molecule has 20 heavy (non-hydrogen) atoms. The molecule has 2 rings (SSSR count). The lowest BCUT2D eigenvalue weighted by Gasteiger charge is -2.11. The monoisotopic (exact) mass is 326 g/mol. The standard InChI is InChI=1S/C10H6ClF3N2O3S/c1-5-7-3-2-6(11)4-8(7)15-16-9(5)19-20(17,18)10(12,13)14/h2-4H,1H3. The van der Waals surface area contributed by atoms with Crippen LogP contribution in [0.4, 0.5) is 13.2 Å². The van der Waals surface area contributed by atoms with Crippen molar-refractivity contribution in [2.75, 3.05) is 0 Å². The Hall–Kier alpha value is -1.61. The molecule has 0 saturated carbocycles. The Labute approximate surface area is 116 Å². The molecule has 5 nitrogen and oxygen atoms in total. The van der Waals surface area contributed by atoms with Crippen LogP contribution in [-0.2, 0) is 10.1 Å². The van der Waals surface area contributed by atoms with Crippen molar-refractivity contribution >= 4 is 32.6 Å². The molecule has 0 aliphatic heterocycles. The van der Waals surface area contributed by atoms with E-state index < -0.39 is 21.5 Å². The van der Waals surface area contributed by atoms with Crippen molar-refractivity contribution in [2.24, 2.45) is 0 Å². The van der Waals surface area contributed by atoms with Crippen molar-refractivity contribution in [3.63, 3.8) is 0 Å². The highest BCUT2D eigenvalue weighted by atomic mass is 35.5. The summed E-state index contributed by atoms with van der Waals surface area (Å²) in [6.07, 6.45) is 0. The fourth-order valence-electron chi connectivity index (χ4n) is 1.42. The SMILES string of the molecule is Cc1c(OS(=O)(=O)C(F)(F)F)nnc2cc(Cl)ccc12. The summed E-state index contributed by atoms with van der Waals surface area (Å²) in [7, 11) is -5.78. The van der Waals surface area contributed by atoms with Gasteiger partial charge in [0.25, 0.3) is 5.88 Å². The van der Waals surface area contributed by atoms with Crippen molar-refractivity contribution in [1.82, 2.24) is 10.2 Å². The molecule has 1 aromatic carbocycles. The highest BCUT2D eigenvalue weighted by Crippen LogP contribution is 2.30. The third kappa shape index (κ3) is 2.63. The lowest BCUT2D eigenvalue weighted by molar-refractivity contribution is -0.0501. The number of rotatable bonds is 2. The molecule has 0 bridgehead atoms. The second kappa shape index (κ2) is 4.74. The van der Waals surface area contributed by atoms with Crippen LogP contribution in [0.3, 0.4) is 0 Å². The first kappa shape index (κ1) is 14.8. The summed E-state index contributed by atoms with van der Waals surface area (Å²) < 4.78 is 62.5. The Morgan fingerprint density at radius 3 is 2.50 bits per heavy atom. The fourth-order valence-corrected chi connectivity index (χ4v) is 2.05. The molecule has 1 heterocycles. The summed E-state index contributed by atoms with van der Waals surface area (Å²) in [4.78, 5) is 0. The van der Waals surface area contributed by atoms with E-state index in [0.717, 1.165) is 0 Å².